The summed E-state index contributed by atoms with van der Waals surface area (Å²) in [6.45, 7) is 4.17. The molecular weight excluding hydrogens is 176 g/mol. The first-order valence-electron chi connectivity index (χ1n) is 4.94. The van der Waals surface area contributed by atoms with Gasteiger partial charge in [0.2, 0.25) is 5.88 Å². The molecule has 0 spiro atoms. The molecule has 0 aliphatic heterocycles. The van der Waals surface area contributed by atoms with Gasteiger partial charge in [0.15, 0.2) is 0 Å². The van der Waals surface area contributed by atoms with E-state index in [0.717, 1.165) is 6.42 Å². The number of hydrogen-bond donors (Lipinski definition) is 1. The standard InChI is InChI=1S/C11H18N2O/c1-4-10(8(2)12)9-5-6-13-11(7-9)14-3/h5-8,10H,4,12H2,1-3H3. The molecule has 3 nitrogen and oxygen atoms in total. The van der Waals surface area contributed by atoms with Crippen molar-refractivity contribution in [2.45, 2.75) is 32.2 Å². The number of ether oxygens (including phenoxy) is 1. The number of rotatable bonds is 4. The highest BCUT2D eigenvalue weighted by Crippen LogP contribution is 2.23. The Morgan fingerprint density at radius 1 is 1.57 bits per heavy atom. The molecule has 0 aromatic carbocycles. The van der Waals surface area contributed by atoms with Crippen LogP contribution in [0.25, 0.3) is 0 Å². The maximum absolute atomic E-state index is 5.91. The zero-order chi connectivity index (χ0) is 10.6. The fraction of sp³-hybridized carbons (Fsp3) is 0.545. The average Bonchev–Trinajstić information content (AvgIpc) is 2.19. The lowest BCUT2D eigenvalue weighted by atomic mass is 9.91. The number of nitrogens with zero attached hydrogens (tertiary/aromatic N) is 1. The summed E-state index contributed by atoms with van der Waals surface area (Å²) in [6.07, 6.45) is 2.80. The smallest absolute Gasteiger partial charge is 0.213 e. The Hall–Kier alpha value is -1.09. The van der Waals surface area contributed by atoms with Crippen LogP contribution in [0.2, 0.25) is 0 Å². The minimum atomic E-state index is 0.159. The minimum Gasteiger partial charge on any atom is -0.481 e. The monoisotopic (exact) mass is 194 g/mol. The maximum Gasteiger partial charge on any atom is 0.213 e. The van der Waals surface area contributed by atoms with Crippen LogP contribution in [-0.2, 0) is 0 Å². The molecule has 3 heteroatoms. The van der Waals surface area contributed by atoms with Crippen LogP contribution < -0.4 is 10.5 Å². The van der Waals surface area contributed by atoms with Crippen molar-refractivity contribution in [1.29, 1.82) is 0 Å². The van der Waals surface area contributed by atoms with Crippen LogP contribution in [0, 0.1) is 0 Å². The van der Waals surface area contributed by atoms with Crippen molar-refractivity contribution in [2.75, 3.05) is 7.11 Å². The largest absolute Gasteiger partial charge is 0.481 e. The Labute approximate surface area is 85.3 Å². The van der Waals surface area contributed by atoms with Crippen molar-refractivity contribution in [1.82, 2.24) is 4.98 Å². The minimum absolute atomic E-state index is 0.159. The highest BCUT2D eigenvalue weighted by atomic mass is 16.5. The van der Waals surface area contributed by atoms with E-state index in [1.807, 2.05) is 19.1 Å². The van der Waals surface area contributed by atoms with E-state index < -0.39 is 0 Å². The SMILES string of the molecule is CCC(c1ccnc(OC)c1)C(C)N. The van der Waals surface area contributed by atoms with Crippen LogP contribution in [0.15, 0.2) is 18.3 Å². The van der Waals surface area contributed by atoms with E-state index in [1.54, 1.807) is 13.3 Å². The molecule has 1 heterocycles. The molecule has 14 heavy (non-hydrogen) atoms. The second-order valence-corrected chi connectivity index (χ2v) is 3.51. The van der Waals surface area contributed by atoms with Crippen LogP contribution >= 0.6 is 0 Å². The summed E-state index contributed by atoms with van der Waals surface area (Å²) in [4.78, 5) is 4.07. The Kier molecular flexibility index (Phi) is 3.89. The fourth-order valence-corrected chi connectivity index (χ4v) is 1.68. The van der Waals surface area contributed by atoms with Gasteiger partial charge in [-0.15, -0.1) is 0 Å². The molecule has 0 saturated carbocycles. The number of aromatic nitrogens is 1. The van der Waals surface area contributed by atoms with Crippen molar-refractivity contribution in [3.8, 4) is 5.88 Å². The van der Waals surface area contributed by atoms with E-state index in [4.69, 9.17) is 10.5 Å². The van der Waals surface area contributed by atoms with Gasteiger partial charge in [-0.25, -0.2) is 4.98 Å². The van der Waals surface area contributed by atoms with Crippen LogP contribution in [0.5, 0.6) is 5.88 Å². The molecule has 0 bridgehead atoms. The summed E-state index contributed by atoms with van der Waals surface area (Å²) in [5.41, 5.74) is 7.11. The molecule has 0 fully saturated rings. The highest BCUT2D eigenvalue weighted by Gasteiger charge is 2.14. The molecule has 2 N–H and O–H groups in total. The third-order valence-electron chi connectivity index (χ3n) is 2.47. The van der Waals surface area contributed by atoms with Gasteiger partial charge in [-0.05, 0) is 30.9 Å². The number of nitrogens with two attached hydrogens (primary N) is 1. The molecule has 1 aromatic heterocycles. The zero-order valence-corrected chi connectivity index (χ0v) is 9.03. The molecule has 1 aromatic rings. The Morgan fingerprint density at radius 2 is 2.29 bits per heavy atom. The Bertz CT molecular complexity index is 286. The van der Waals surface area contributed by atoms with Gasteiger partial charge in [-0.1, -0.05) is 6.92 Å². The van der Waals surface area contributed by atoms with E-state index in [-0.39, 0.29) is 6.04 Å². The van der Waals surface area contributed by atoms with E-state index >= 15 is 0 Å². The molecule has 0 radical (unpaired) electrons. The first kappa shape index (κ1) is 11.0. The third kappa shape index (κ3) is 2.45. The van der Waals surface area contributed by atoms with Gasteiger partial charge in [-0.2, -0.15) is 0 Å². The summed E-state index contributed by atoms with van der Waals surface area (Å²) >= 11 is 0. The predicted molar refractivity (Wildman–Crippen MR) is 57.5 cm³/mol. The molecule has 78 valence electrons. The van der Waals surface area contributed by atoms with E-state index in [1.165, 1.54) is 5.56 Å². The molecular formula is C11H18N2O. The van der Waals surface area contributed by atoms with Gasteiger partial charge in [-0.3, -0.25) is 0 Å². The summed E-state index contributed by atoms with van der Waals surface area (Å²) in [6, 6.07) is 4.12. The molecule has 0 aliphatic carbocycles. The lowest BCUT2D eigenvalue weighted by Gasteiger charge is -2.19. The van der Waals surface area contributed by atoms with E-state index in [0.29, 0.717) is 11.8 Å². The first-order valence-corrected chi connectivity index (χ1v) is 4.94. The molecule has 1 rings (SSSR count). The topological polar surface area (TPSA) is 48.1 Å². The molecule has 0 saturated heterocycles. The quantitative estimate of drug-likeness (QED) is 0.796. The van der Waals surface area contributed by atoms with Crippen molar-refractivity contribution in [3.63, 3.8) is 0 Å². The number of pyridine rings is 1. The zero-order valence-electron chi connectivity index (χ0n) is 9.03. The summed E-state index contributed by atoms with van der Waals surface area (Å²) in [5, 5.41) is 0. The highest BCUT2D eigenvalue weighted by molar-refractivity contribution is 5.25. The van der Waals surface area contributed by atoms with Gasteiger partial charge in [0.25, 0.3) is 0 Å². The summed E-state index contributed by atoms with van der Waals surface area (Å²) in [5.74, 6) is 1.04. The maximum atomic E-state index is 5.91. The summed E-state index contributed by atoms with van der Waals surface area (Å²) < 4.78 is 5.08. The second-order valence-electron chi connectivity index (χ2n) is 3.51. The lowest BCUT2D eigenvalue weighted by Crippen LogP contribution is -2.24. The van der Waals surface area contributed by atoms with Crippen molar-refractivity contribution < 1.29 is 4.74 Å². The fourth-order valence-electron chi connectivity index (χ4n) is 1.68. The van der Waals surface area contributed by atoms with Crippen LogP contribution in [0.4, 0.5) is 0 Å². The van der Waals surface area contributed by atoms with Crippen LogP contribution in [0.3, 0.4) is 0 Å². The van der Waals surface area contributed by atoms with Crippen molar-refractivity contribution in [3.05, 3.63) is 23.9 Å². The number of hydrogen-bond acceptors (Lipinski definition) is 3. The van der Waals surface area contributed by atoms with E-state index in [9.17, 15) is 0 Å². The van der Waals surface area contributed by atoms with Gasteiger partial charge >= 0.3 is 0 Å². The Morgan fingerprint density at radius 3 is 2.79 bits per heavy atom. The average molecular weight is 194 g/mol. The van der Waals surface area contributed by atoms with Crippen molar-refractivity contribution >= 4 is 0 Å². The summed E-state index contributed by atoms with van der Waals surface area (Å²) in [7, 11) is 1.62. The van der Waals surface area contributed by atoms with Gasteiger partial charge in [0.05, 0.1) is 7.11 Å². The predicted octanol–water partition coefficient (Wildman–Crippen LogP) is 1.93. The number of methoxy groups -OCH3 is 1. The molecule has 2 unspecified atom stereocenters. The normalized spacial score (nSPS) is 14.9. The third-order valence-corrected chi connectivity index (χ3v) is 2.47. The lowest BCUT2D eigenvalue weighted by molar-refractivity contribution is 0.396. The van der Waals surface area contributed by atoms with Gasteiger partial charge < -0.3 is 10.5 Å². The van der Waals surface area contributed by atoms with Crippen molar-refractivity contribution in [2.24, 2.45) is 5.73 Å². The molecule has 2 atom stereocenters. The first-order chi connectivity index (χ1) is 6.69. The van der Waals surface area contributed by atoms with E-state index in [2.05, 4.69) is 11.9 Å². The van der Waals surface area contributed by atoms with Crippen LogP contribution in [0.1, 0.15) is 31.7 Å². The Balaban J connectivity index is 2.92. The molecule has 0 aliphatic rings. The molecule has 0 amide bonds. The van der Waals surface area contributed by atoms with Crippen LogP contribution in [-0.4, -0.2) is 18.1 Å². The second kappa shape index (κ2) is 4.96. The van der Waals surface area contributed by atoms with Gasteiger partial charge in [0, 0.05) is 18.3 Å². The van der Waals surface area contributed by atoms with Gasteiger partial charge in [0.1, 0.15) is 0 Å².